The van der Waals surface area contributed by atoms with Crippen LogP contribution in [-0.2, 0) is 4.74 Å². The number of halogens is 1. The zero-order chi connectivity index (χ0) is 10.3. The lowest BCUT2D eigenvalue weighted by Gasteiger charge is -2.19. The number of hydrogen-bond acceptors (Lipinski definition) is 3. The number of nitrogens with two attached hydrogens (primary N) is 1. The number of alkyl carbamates (subject to hydrolysis) is 1. The van der Waals surface area contributed by atoms with Crippen LogP contribution in [0.15, 0.2) is 12.2 Å². The van der Waals surface area contributed by atoms with Gasteiger partial charge in [0.1, 0.15) is 5.60 Å². The van der Waals surface area contributed by atoms with Crippen molar-refractivity contribution in [3.63, 3.8) is 0 Å². The van der Waals surface area contributed by atoms with E-state index in [-0.39, 0.29) is 12.4 Å². The first-order chi connectivity index (χ1) is 5.95. The second-order valence-electron chi connectivity index (χ2n) is 3.59. The fraction of sp³-hybridized carbons (Fsp3) is 0.667. The molecule has 0 aromatic carbocycles. The summed E-state index contributed by atoms with van der Waals surface area (Å²) in [6, 6.07) is 0. The van der Waals surface area contributed by atoms with E-state index >= 15 is 0 Å². The minimum absolute atomic E-state index is 0. The zero-order valence-corrected chi connectivity index (χ0v) is 9.69. The summed E-state index contributed by atoms with van der Waals surface area (Å²) in [4.78, 5) is 11.0. The summed E-state index contributed by atoms with van der Waals surface area (Å²) in [6.45, 7) is 6.40. The molecule has 0 unspecified atom stereocenters. The molecule has 0 aromatic heterocycles. The van der Waals surface area contributed by atoms with E-state index in [0.717, 1.165) is 0 Å². The molecule has 0 saturated carbocycles. The third-order valence-corrected chi connectivity index (χ3v) is 1.07. The van der Waals surface area contributed by atoms with E-state index in [1.54, 1.807) is 12.2 Å². The van der Waals surface area contributed by atoms with Crippen LogP contribution in [0.25, 0.3) is 0 Å². The van der Waals surface area contributed by atoms with Crippen LogP contribution in [-0.4, -0.2) is 24.8 Å². The Labute approximate surface area is 91.3 Å². The van der Waals surface area contributed by atoms with Crippen LogP contribution in [0.4, 0.5) is 4.79 Å². The van der Waals surface area contributed by atoms with E-state index in [9.17, 15) is 4.79 Å². The van der Waals surface area contributed by atoms with E-state index in [4.69, 9.17) is 10.5 Å². The van der Waals surface area contributed by atoms with Crippen LogP contribution in [0.5, 0.6) is 0 Å². The van der Waals surface area contributed by atoms with Gasteiger partial charge in [0.15, 0.2) is 0 Å². The molecule has 0 atom stereocenters. The monoisotopic (exact) mass is 222 g/mol. The SMILES string of the molecule is CC(C)(C)OC(=O)NC/C=C/CN.Cl. The highest BCUT2D eigenvalue weighted by Crippen LogP contribution is 2.05. The standard InChI is InChI=1S/C9H18N2O2.ClH/c1-9(2,3)13-8(12)11-7-5-4-6-10;/h4-5H,6-7,10H2,1-3H3,(H,11,12);1H/b5-4+;. The van der Waals surface area contributed by atoms with Crippen molar-refractivity contribution in [2.45, 2.75) is 26.4 Å². The van der Waals surface area contributed by atoms with Crippen molar-refractivity contribution >= 4 is 18.5 Å². The van der Waals surface area contributed by atoms with Crippen molar-refractivity contribution in [1.29, 1.82) is 0 Å². The van der Waals surface area contributed by atoms with Gasteiger partial charge >= 0.3 is 6.09 Å². The van der Waals surface area contributed by atoms with Crippen molar-refractivity contribution in [2.75, 3.05) is 13.1 Å². The Hall–Kier alpha value is -0.740. The van der Waals surface area contributed by atoms with Crippen LogP contribution in [0.3, 0.4) is 0 Å². The van der Waals surface area contributed by atoms with Gasteiger partial charge in [0, 0.05) is 13.1 Å². The Bertz CT molecular complexity index is 188. The smallest absolute Gasteiger partial charge is 0.407 e. The highest BCUT2D eigenvalue weighted by molar-refractivity contribution is 5.85. The first-order valence-electron chi connectivity index (χ1n) is 4.27. The van der Waals surface area contributed by atoms with E-state index in [2.05, 4.69) is 5.32 Å². The molecule has 0 spiro atoms. The number of ether oxygens (including phenoxy) is 1. The molecule has 0 fully saturated rings. The Morgan fingerprint density at radius 3 is 2.43 bits per heavy atom. The van der Waals surface area contributed by atoms with Gasteiger partial charge in [0.2, 0.25) is 0 Å². The summed E-state index contributed by atoms with van der Waals surface area (Å²) >= 11 is 0. The van der Waals surface area contributed by atoms with Gasteiger partial charge in [-0.1, -0.05) is 12.2 Å². The maximum absolute atomic E-state index is 11.0. The summed E-state index contributed by atoms with van der Waals surface area (Å²) in [6.07, 6.45) is 3.15. The molecule has 0 heterocycles. The fourth-order valence-electron chi connectivity index (χ4n) is 0.636. The minimum atomic E-state index is -0.443. The maximum atomic E-state index is 11.0. The van der Waals surface area contributed by atoms with Gasteiger partial charge in [0.05, 0.1) is 0 Å². The van der Waals surface area contributed by atoms with Gasteiger partial charge in [-0.15, -0.1) is 12.4 Å². The number of carbonyl (C=O) groups is 1. The fourth-order valence-corrected chi connectivity index (χ4v) is 0.636. The molecular formula is C9H19ClN2O2. The molecule has 4 nitrogen and oxygen atoms in total. The van der Waals surface area contributed by atoms with Gasteiger partial charge in [-0.2, -0.15) is 0 Å². The second kappa shape index (κ2) is 7.64. The number of carbonyl (C=O) groups excluding carboxylic acids is 1. The molecule has 0 aromatic rings. The highest BCUT2D eigenvalue weighted by atomic mass is 35.5. The molecule has 0 rings (SSSR count). The Morgan fingerprint density at radius 2 is 2.00 bits per heavy atom. The van der Waals surface area contributed by atoms with Crippen LogP contribution in [0, 0.1) is 0 Å². The Balaban J connectivity index is 0. The van der Waals surface area contributed by atoms with Crippen LogP contribution >= 0.6 is 12.4 Å². The molecule has 14 heavy (non-hydrogen) atoms. The molecule has 84 valence electrons. The molecule has 1 amide bonds. The third-order valence-electron chi connectivity index (χ3n) is 1.07. The van der Waals surface area contributed by atoms with Gasteiger partial charge in [0.25, 0.3) is 0 Å². The van der Waals surface area contributed by atoms with Crippen molar-refractivity contribution in [1.82, 2.24) is 5.32 Å². The van der Waals surface area contributed by atoms with Crippen molar-refractivity contribution < 1.29 is 9.53 Å². The molecule has 3 N–H and O–H groups in total. The molecule has 0 aliphatic carbocycles. The van der Waals surface area contributed by atoms with Crippen LogP contribution in [0.2, 0.25) is 0 Å². The topological polar surface area (TPSA) is 64.3 Å². The largest absolute Gasteiger partial charge is 0.444 e. The maximum Gasteiger partial charge on any atom is 0.407 e. The van der Waals surface area contributed by atoms with E-state index in [1.807, 2.05) is 20.8 Å². The van der Waals surface area contributed by atoms with Gasteiger partial charge in [-0.05, 0) is 20.8 Å². The van der Waals surface area contributed by atoms with Crippen molar-refractivity contribution in [3.8, 4) is 0 Å². The van der Waals surface area contributed by atoms with Gasteiger partial charge in [-0.25, -0.2) is 4.79 Å². The number of rotatable bonds is 3. The van der Waals surface area contributed by atoms with E-state index < -0.39 is 11.7 Å². The summed E-state index contributed by atoms with van der Waals surface area (Å²) in [5, 5.41) is 2.57. The van der Waals surface area contributed by atoms with E-state index in [1.165, 1.54) is 0 Å². The van der Waals surface area contributed by atoms with Gasteiger partial charge in [-0.3, -0.25) is 0 Å². The quantitative estimate of drug-likeness (QED) is 0.711. The Morgan fingerprint density at radius 1 is 1.43 bits per heavy atom. The predicted octanol–water partition coefficient (Wildman–Crippen LogP) is 1.45. The lowest BCUT2D eigenvalue weighted by molar-refractivity contribution is 0.0534. The highest BCUT2D eigenvalue weighted by Gasteiger charge is 2.14. The summed E-state index contributed by atoms with van der Waals surface area (Å²) in [5.41, 5.74) is 4.77. The van der Waals surface area contributed by atoms with Crippen LogP contribution < -0.4 is 11.1 Å². The number of amides is 1. The van der Waals surface area contributed by atoms with Gasteiger partial charge < -0.3 is 15.8 Å². The predicted molar refractivity (Wildman–Crippen MR) is 59.7 cm³/mol. The molecule has 0 saturated heterocycles. The average Bonchev–Trinajstić information content (AvgIpc) is 1.94. The minimum Gasteiger partial charge on any atom is -0.444 e. The number of hydrogen-bond donors (Lipinski definition) is 2. The Kier molecular flexibility index (Phi) is 8.58. The summed E-state index contributed by atoms with van der Waals surface area (Å²) in [5.74, 6) is 0. The molecule has 0 radical (unpaired) electrons. The summed E-state index contributed by atoms with van der Waals surface area (Å²) < 4.78 is 5.00. The van der Waals surface area contributed by atoms with E-state index in [0.29, 0.717) is 13.1 Å². The second-order valence-corrected chi connectivity index (χ2v) is 3.59. The molecule has 0 aliphatic rings. The molecule has 5 heteroatoms. The first-order valence-corrected chi connectivity index (χ1v) is 4.27. The van der Waals surface area contributed by atoms with Crippen LogP contribution in [0.1, 0.15) is 20.8 Å². The van der Waals surface area contributed by atoms with Crippen molar-refractivity contribution in [2.24, 2.45) is 5.73 Å². The third kappa shape index (κ3) is 11.3. The average molecular weight is 223 g/mol. The van der Waals surface area contributed by atoms with Crippen molar-refractivity contribution in [3.05, 3.63) is 12.2 Å². The number of nitrogens with one attached hydrogen (secondary N) is 1. The first kappa shape index (κ1) is 15.7. The molecular weight excluding hydrogens is 204 g/mol. The normalized spacial score (nSPS) is 10.9. The molecule has 0 bridgehead atoms. The molecule has 0 aliphatic heterocycles. The summed E-state index contributed by atoms with van der Waals surface area (Å²) in [7, 11) is 0. The lowest BCUT2D eigenvalue weighted by Crippen LogP contribution is -2.32. The zero-order valence-electron chi connectivity index (χ0n) is 8.87. The lowest BCUT2D eigenvalue weighted by atomic mass is 10.2.